The first-order valence-corrected chi connectivity index (χ1v) is 14.4. The van der Waals surface area contributed by atoms with E-state index in [9.17, 15) is 9.59 Å². The summed E-state index contributed by atoms with van der Waals surface area (Å²) in [6.45, 7) is 2.39. The highest BCUT2D eigenvalue weighted by atomic mass is 32.2. The van der Waals surface area contributed by atoms with Gasteiger partial charge in [-0.05, 0) is 56.7 Å². The van der Waals surface area contributed by atoms with Gasteiger partial charge in [0.25, 0.3) is 5.24 Å². The standard InChI is InChI=1S/C30H39NO6S/c1-22-11-9-7-5-4-6-8-10-12-25-18-26(36-28(32)17-22)19-30(35-3,37-25)27-21-38-29(33)31(27)20-23-13-15-24(34-2)16-14-23/h4-7,13-17,25-27H,8-12,18-21H2,1-3H3/t25-,26-,27+,30-/m1/s1. The molecule has 38 heavy (non-hydrogen) atoms. The lowest BCUT2D eigenvalue weighted by Gasteiger charge is -2.48. The van der Waals surface area contributed by atoms with Gasteiger partial charge in [0.2, 0.25) is 0 Å². The number of fused-ring (bicyclic) bond motifs is 2. The second kappa shape index (κ2) is 13.5. The van der Waals surface area contributed by atoms with Crippen molar-refractivity contribution in [3.63, 3.8) is 0 Å². The molecule has 1 aromatic rings. The predicted octanol–water partition coefficient (Wildman–Crippen LogP) is 6.19. The summed E-state index contributed by atoms with van der Waals surface area (Å²) in [6.07, 6.45) is 14.9. The number of esters is 1. The van der Waals surface area contributed by atoms with Crippen molar-refractivity contribution in [3.8, 4) is 5.75 Å². The molecule has 3 heterocycles. The van der Waals surface area contributed by atoms with Gasteiger partial charge >= 0.3 is 5.97 Å². The summed E-state index contributed by atoms with van der Waals surface area (Å²) in [7, 11) is 3.26. The molecule has 1 amide bonds. The van der Waals surface area contributed by atoms with E-state index in [1.807, 2.05) is 36.1 Å². The van der Waals surface area contributed by atoms with Crippen molar-refractivity contribution < 1.29 is 28.5 Å². The zero-order chi connectivity index (χ0) is 27.0. The van der Waals surface area contributed by atoms with Crippen LogP contribution in [-0.4, -0.2) is 60.1 Å². The highest BCUT2D eigenvalue weighted by molar-refractivity contribution is 8.13. The zero-order valence-electron chi connectivity index (χ0n) is 22.6. The van der Waals surface area contributed by atoms with Crippen molar-refractivity contribution in [2.45, 2.75) is 82.5 Å². The SMILES string of the molecule is COc1ccc(CN2C(=O)SC[C@H]2[C@@]2(OC)C[C@H]3C[C@@H](CCCC=CC=CCCC(C)=CC(=O)O3)O2)cc1. The smallest absolute Gasteiger partial charge is 0.330 e. The second-order valence-corrected chi connectivity index (χ2v) is 11.1. The monoisotopic (exact) mass is 541 g/mol. The van der Waals surface area contributed by atoms with Gasteiger partial charge in [0, 0.05) is 38.3 Å². The quantitative estimate of drug-likeness (QED) is 0.412. The van der Waals surface area contributed by atoms with Gasteiger partial charge in [-0.1, -0.05) is 53.8 Å². The average molecular weight is 542 g/mol. The summed E-state index contributed by atoms with van der Waals surface area (Å²) in [4.78, 5) is 27.7. The van der Waals surface area contributed by atoms with Crippen LogP contribution in [0.15, 0.2) is 60.2 Å². The first-order valence-electron chi connectivity index (χ1n) is 13.4. The van der Waals surface area contributed by atoms with Gasteiger partial charge in [-0.25, -0.2) is 4.79 Å². The van der Waals surface area contributed by atoms with Gasteiger partial charge in [-0.3, -0.25) is 4.79 Å². The highest BCUT2D eigenvalue weighted by Crippen LogP contribution is 2.43. The fourth-order valence-corrected chi connectivity index (χ4v) is 6.43. The van der Waals surface area contributed by atoms with Crippen LogP contribution < -0.4 is 4.74 Å². The summed E-state index contributed by atoms with van der Waals surface area (Å²) in [5.41, 5.74) is 1.98. The van der Waals surface area contributed by atoms with Crippen LogP contribution in [0.4, 0.5) is 4.79 Å². The molecule has 2 bridgehead atoms. The second-order valence-electron chi connectivity index (χ2n) is 10.1. The Kier molecular flexibility index (Phi) is 10.1. The van der Waals surface area contributed by atoms with E-state index < -0.39 is 5.79 Å². The van der Waals surface area contributed by atoms with E-state index in [1.165, 1.54) is 11.8 Å². The molecular weight excluding hydrogens is 502 g/mol. The lowest BCUT2D eigenvalue weighted by Crippen LogP contribution is -2.60. The molecular formula is C30H39NO6S. The number of thioether (sulfide) groups is 1. The molecule has 2 saturated heterocycles. The number of carbonyl (C=O) groups is 2. The third-order valence-corrected chi connectivity index (χ3v) is 8.34. The Bertz CT molecular complexity index is 1050. The number of hydrogen-bond donors (Lipinski definition) is 0. The Morgan fingerprint density at radius 1 is 1.08 bits per heavy atom. The minimum atomic E-state index is -1.07. The van der Waals surface area contributed by atoms with Crippen molar-refractivity contribution in [2.75, 3.05) is 20.0 Å². The van der Waals surface area contributed by atoms with Gasteiger partial charge in [0.05, 0.1) is 19.3 Å². The number of nitrogens with zero attached hydrogens (tertiary/aromatic N) is 1. The average Bonchev–Trinajstić information content (AvgIpc) is 3.27. The molecule has 0 aromatic heterocycles. The number of allylic oxidation sites excluding steroid dienone is 5. The van der Waals surface area contributed by atoms with Crippen LogP contribution in [0.5, 0.6) is 5.75 Å². The number of hydrogen-bond acceptors (Lipinski definition) is 7. The van der Waals surface area contributed by atoms with Crippen LogP contribution in [0.3, 0.4) is 0 Å². The zero-order valence-corrected chi connectivity index (χ0v) is 23.4. The minimum Gasteiger partial charge on any atom is -0.497 e. The van der Waals surface area contributed by atoms with Gasteiger partial charge in [0.15, 0.2) is 5.79 Å². The van der Waals surface area contributed by atoms with Crippen LogP contribution in [0.1, 0.15) is 57.4 Å². The summed E-state index contributed by atoms with van der Waals surface area (Å²) < 4.78 is 24.1. The van der Waals surface area contributed by atoms with E-state index in [1.54, 1.807) is 20.3 Å². The lowest BCUT2D eigenvalue weighted by molar-refractivity contribution is -0.305. The molecule has 0 saturated carbocycles. The van der Waals surface area contributed by atoms with E-state index in [-0.39, 0.29) is 29.5 Å². The van der Waals surface area contributed by atoms with Gasteiger partial charge < -0.3 is 23.8 Å². The molecule has 206 valence electrons. The van der Waals surface area contributed by atoms with Crippen LogP contribution in [0, 0.1) is 0 Å². The summed E-state index contributed by atoms with van der Waals surface area (Å²) >= 11 is 1.28. The molecule has 0 aliphatic carbocycles. The molecule has 8 heteroatoms. The minimum absolute atomic E-state index is 0.00674. The molecule has 0 radical (unpaired) electrons. The first-order chi connectivity index (χ1) is 18.4. The first kappa shape index (κ1) is 28.5. The van der Waals surface area contributed by atoms with Gasteiger partial charge in [0.1, 0.15) is 11.9 Å². The number of methoxy groups -OCH3 is 2. The molecule has 3 aliphatic rings. The summed E-state index contributed by atoms with van der Waals surface area (Å²) in [6, 6.07) is 7.40. The van der Waals surface area contributed by atoms with E-state index in [0.717, 1.165) is 49.0 Å². The van der Waals surface area contributed by atoms with Crippen molar-refractivity contribution in [1.82, 2.24) is 4.90 Å². The Morgan fingerprint density at radius 2 is 1.84 bits per heavy atom. The highest BCUT2D eigenvalue weighted by Gasteiger charge is 2.54. The van der Waals surface area contributed by atoms with E-state index >= 15 is 0 Å². The molecule has 3 aliphatic heterocycles. The molecule has 7 nitrogen and oxygen atoms in total. The molecule has 0 N–H and O–H groups in total. The van der Waals surface area contributed by atoms with Crippen molar-refractivity contribution in [2.24, 2.45) is 0 Å². The maximum absolute atomic E-state index is 13.0. The number of amides is 1. The topological polar surface area (TPSA) is 74.3 Å². The van der Waals surface area contributed by atoms with Gasteiger partial charge in [-0.15, -0.1) is 0 Å². The maximum Gasteiger partial charge on any atom is 0.330 e. The third kappa shape index (κ3) is 7.30. The van der Waals surface area contributed by atoms with E-state index in [0.29, 0.717) is 25.1 Å². The maximum atomic E-state index is 13.0. The molecule has 2 fully saturated rings. The van der Waals surface area contributed by atoms with Crippen LogP contribution in [0.25, 0.3) is 0 Å². The number of carbonyl (C=O) groups excluding carboxylic acids is 2. The fraction of sp³-hybridized carbons (Fsp3) is 0.533. The number of benzene rings is 1. The Balaban J connectivity index is 1.57. The fourth-order valence-electron chi connectivity index (χ4n) is 5.33. The lowest BCUT2D eigenvalue weighted by atomic mass is 9.90. The molecule has 4 atom stereocenters. The summed E-state index contributed by atoms with van der Waals surface area (Å²) in [5, 5.41) is -0.00674. The number of ether oxygens (including phenoxy) is 4. The molecule has 0 spiro atoms. The van der Waals surface area contributed by atoms with Crippen LogP contribution in [-0.2, 0) is 25.5 Å². The normalized spacial score (nSPS) is 29.2. The molecule has 4 rings (SSSR count). The van der Waals surface area contributed by atoms with Crippen molar-refractivity contribution in [1.29, 1.82) is 0 Å². The van der Waals surface area contributed by atoms with Crippen LogP contribution >= 0.6 is 11.8 Å². The van der Waals surface area contributed by atoms with Crippen molar-refractivity contribution in [3.05, 3.63) is 65.8 Å². The van der Waals surface area contributed by atoms with Crippen molar-refractivity contribution >= 4 is 23.0 Å². The Labute approximate surface area is 230 Å². The number of rotatable bonds is 5. The Hall–Kier alpha value is -2.55. The molecule has 0 unspecified atom stereocenters. The summed E-state index contributed by atoms with van der Waals surface area (Å²) in [5.74, 6) is -0.0850. The Morgan fingerprint density at radius 3 is 2.58 bits per heavy atom. The third-order valence-electron chi connectivity index (χ3n) is 7.38. The van der Waals surface area contributed by atoms with E-state index in [2.05, 4.69) is 24.3 Å². The predicted molar refractivity (Wildman–Crippen MR) is 149 cm³/mol. The largest absolute Gasteiger partial charge is 0.497 e. The van der Waals surface area contributed by atoms with Crippen LogP contribution in [0.2, 0.25) is 0 Å². The van der Waals surface area contributed by atoms with E-state index in [4.69, 9.17) is 18.9 Å². The molecule has 1 aromatic carbocycles. The van der Waals surface area contributed by atoms with Gasteiger partial charge in [-0.2, -0.15) is 0 Å².